The summed E-state index contributed by atoms with van der Waals surface area (Å²) < 4.78 is 7.66. The number of aromatic nitrogens is 2. The summed E-state index contributed by atoms with van der Waals surface area (Å²) in [6.07, 6.45) is 3.95. The van der Waals surface area contributed by atoms with Crippen molar-refractivity contribution < 1.29 is 4.74 Å². The average molecular weight is 295 g/mol. The van der Waals surface area contributed by atoms with Gasteiger partial charge in [0.1, 0.15) is 5.75 Å². The van der Waals surface area contributed by atoms with Crippen molar-refractivity contribution in [2.45, 2.75) is 18.9 Å². The zero-order valence-electron chi connectivity index (χ0n) is 10.5. The van der Waals surface area contributed by atoms with Crippen LogP contribution >= 0.6 is 23.4 Å². The molecule has 5 heteroatoms. The molecule has 0 unspecified atom stereocenters. The van der Waals surface area contributed by atoms with E-state index in [2.05, 4.69) is 5.10 Å². The van der Waals surface area contributed by atoms with Crippen LogP contribution in [-0.4, -0.2) is 21.3 Å². The van der Waals surface area contributed by atoms with E-state index in [-0.39, 0.29) is 0 Å². The molecule has 1 aliphatic rings. The van der Waals surface area contributed by atoms with Crippen molar-refractivity contribution in [2.24, 2.45) is 0 Å². The van der Waals surface area contributed by atoms with E-state index in [1.807, 2.05) is 46.8 Å². The Morgan fingerprint density at radius 1 is 1.21 bits per heavy atom. The molecular formula is C14H15ClN2OS. The zero-order chi connectivity index (χ0) is 13.1. The lowest BCUT2D eigenvalue weighted by molar-refractivity contribution is 0.423. The first kappa shape index (κ1) is 12.9. The van der Waals surface area contributed by atoms with Gasteiger partial charge in [-0.2, -0.15) is 16.9 Å². The van der Waals surface area contributed by atoms with E-state index in [0.29, 0.717) is 16.9 Å². The summed E-state index contributed by atoms with van der Waals surface area (Å²) in [7, 11) is 0. The van der Waals surface area contributed by atoms with Crippen LogP contribution in [0.2, 0.25) is 5.15 Å². The van der Waals surface area contributed by atoms with Crippen LogP contribution in [0, 0.1) is 0 Å². The quantitative estimate of drug-likeness (QED) is 0.840. The highest BCUT2D eigenvalue weighted by atomic mass is 35.5. The molecule has 1 fully saturated rings. The van der Waals surface area contributed by atoms with Crippen molar-refractivity contribution in [3.63, 3.8) is 0 Å². The SMILES string of the molecule is Clc1c(Oc2ccccc2)cnn1C1CCSCC1. The Balaban J connectivity index is 1.78. The van der Waals surface area contributed by atoms with Crippen molar-refractivity contribution >= 4 is 23.4 Å². The summed E-state index contributed by atoms with van der Waals surface area (Å²) in [5.74, 6) is 3.76. The van der Waals surface area contributed by atoms with Gasteiger partial charge in [0.05, 0.1) is 12.2 Å². The highest BCUT2D eigenvalue weighted by Gasteiger charge is 2.21. The van der Waals surface area contributed by atoms with Gasteiger partial charge in [0.15, 0.2) is 10.9 Å². The Labute approximate surface area is 121 Å². The smallest absolute Gasteiger partial charge is 0.184 e. The van der Waals surface area contributed by atoms with E-state index in [1.54, 1.807) is 6.20 Å². The standard InChI is InChI=1S/C14H15ClN2OS/c15-14-13(18-12-4-2-1-3-5-12)10-16-17(14)11-6-8-19-9-7-11/h1-5,10-11H,6-9H2. The first-order valence-electron chi connectivity index (χ1n) is 6.38. The van der Waals surface area contributed by atoms with Crippen molar-refractivity contribution in [2.75, 3.05) is 11.5 Å². The van der Waals surface area contributed by atoms with E-state index >= 15 is 0 Å². The Morgan fingerprint density at radius 2 is 1.95 bits per heavy atom. The molecule has 1 aromatic heterocycles. The van der Waals surface area contributed by atoms with Crippen LogP contribution < -0.4 is 4.74 Å². The van der Waals surface area contributed by atoms with Crippen LogP contribution in [0.25, 0.3) is 0 Å². The average Bonchev–Trinajstić information content (AvgIpc) is 2.82. The lowest BCUT2D eigenvalue weighted by Gasteiger charge is -2.22. The van der Waals surface area contributed by atoms with Gasteiger partial charge in [0.2, 0.25) is 0 Å². The number of halogens is 1. The molecule has 2 aromatic rings. The monoisotopic (exact) mass is 294 g/mol. The van der Waals surface area contributed by atoms with Crippen LogP contribution in [-0.2, 0) is 0 Å². The third-order valence-corrected chi connectivity index (χ3v) is 4.62. The number of hydrogen-bond donors (Lipinski definition) is 0. The number of hydrogen-bond acceptors (Lipinski definition) is 3. The number of rotatable bonds is 3. The topological polar surface area (TPSA) is 27.1 Å². The van der Waals surface area contributed by atoms with Crippen LogP contribution in [0.5, 0.6) is 11.5 Å². The number of nitrogens with zero attached hydrogens (tertiary/aromatic N) is 2. The summed E-state index contributed by atoms with van der Waals surface area (Å²) in [5, 5.41) is 4.98. The molecule has 0 bridgehead atoms. The molecular weight excluding hydrogens is 280 g/mol. The summed E-state index contributed by atoms with van der Waals surface area (Å²) in [5.41, 5.74) is 0. The van der Waals surface area contributed by atoms with E-state index in [0.717, 1.165) is 18.6 Å². The molecule has 100 valence electrons. The minimum Gasteiger partial charge on any atom is -0.452 e. The number of ether oxygens (including phenoxy) is 1. The second-order valence-corrected chi connectivity index (χ2v) is 6.09. The largest absolute Gasteiger partial charge is 0.452 e. The van der Waals surface area contributed by atoms with Crippen molar-refractivity contribution in [1.82, 2.24) is 9.78 Å². The maximum absolute atomic E-state index is 6.38. The predicted octanol–water partition coefficient (Wildman–Crippen LogP) is 4.40. The van der Waals surface area contributed by atoms with Gasteiger partial charge in [-0.3, -0.25) is 0 Å². The minimum absolute atomic E-state index is 0.405. The fraction of sp³-hybridized carbons (Fsp3) is 0.357. The molecule has 0 spiro atoms. The maximum Gasteiger partial charge on any atom is 0.184 e. The summed E-state index contributed by atoms with van der Waals surface area (Å²) in [4.78, 5) is 0. The fourth-order valence-corrected chi connectivity index (χ4v) is 3.55. The lowest BCUT2D eigenvalue weighted by Crippen LogP contribution is -2.16. The van der Waals surface area contributed by atoms with Gasteiger partial charge in [-0.15, -0.1) is 0 Å². The second-order valence-electron chi connectivity index (χ2n) is 4.50. The first-order chi connectivity index (χ1) is 9.34. The van der Waals surface area contributed by atoms with Crippen molar-refractivity contribution in [1.29, 1.82) is 0 Å². The molecule has 0 N–H and O–H groups in total. The van der Waals surface area contributed by atoms with Gasteiger partial charge in [0.25, 0.3) is 0 Å². The van der Waals surface area contributed by atoms with Crippen molar-refractivity contribution in [3.05, 3.63) is 41.7 Å². The van der Waals surface area contributed by atoms with E-state index in [4.69, 9.17) is 16.3 Å². The predicted molar refractivity (Wildman–Crippen MR) is 79.3 cm³/mol. The lowest BCUT2D eigenvalue weighted by atomic mass is 10.2. The summed E-state index contributed by atoms with van der Waals surface area (Å²) in [6.45, 7) is 0. The van der Waals surface area contributed by atoms with Crippen LogP contribution in [0.4, 0.5) is 0 Å². The van der Waals surface area contributed by atoms with Gasteiger partial charge in [-0.25, -0.2) is 4.68 Å². The molecule has 0 radical (unpaired) electrons. The molecule has 0 amide bonds. The van der Waals surface area contributed by atoms with E-state index in [9.17, 15) is 0 Å². The van der Waals surface area contributed by atoms with Crippen LogP contribution in [0.3, 0.4) is 0 Å². The maximum atomic E-state index is 6.38. The molecule has 1 aliphatic heterocycles. The molecule has 3 nitrogen and oxygen atoms in total. The molecule has 0 aliphatic carbocycles. The highest BCUT2D eigenvalue weighted by Crippen LogP contribution is 2.34. The Hall–Kier alpha value is -1.13. The first-order valence-corrected chi connectivity index (χ1v) is 7.91. The number of benzene rings is 1. The second kappa shape index (κ2) is 5.88. The Bertz CT molecular complexity index is 538. The van der Waals surface area contributed by atoms with Gasteiger partial charge >= 0.3 is 0 Å². The molecule has 2 heterocycles. The third-order valence-electron chi connectivity index (χ3n) is 3.21. The van der Waals surface area contributed by atoms with Crippen LogP contribution in [0.15, 0.2) is 36.5 Å². The van der Waals surface area contributed by atoms with Crippen LogP contribution in [0.1, 0.15) is 18.9 Å². The fourth-order valence-electron chi connectivity index (χ4n) is 2.20. The number of para-hydroxylation sites is 1. The van der Waals surface area contributed by atoms with Gasteiger partial charge in [-0.1, -0.05) is 29.8 Å². The Kier molecular flexibility index (Phi) is 3.99. The van der Waals surface area contributed by atoms with Gasteiger partial charge < -0.3 is 4.74 Å². The zero-order valence-corrected chi connectivity index (χ0v) is 12.0. The minimum atomic E-state index is 0.405. The molecule has 0 saturated carbocycles. The Morgan fingerprint density at radius 3 is 2.68 bits per heavy atom. The number of thioether (sulfide) groups is 1. The molecule has 1 saturated heterocycles. The molecule has 0 atom stereocenters. The highest BCUT2D eigenvalue weighted by molar-refractivity contribution is 7.99. The van der Waals surface area contributed by atoms with Gasteiger partial charge in [0, 0.05) is 0 Å². The summed E-state index contributed by atoms with van der Waals surface area (Å²) in [6, 6.07) is 10.0. The molecule has 1 aromatic carbocycles. The molecule has 19 heavy (non-hydrogen) atoms. The van der Waals surface area contributed by atoms with Gasteiger partial charge in [-0.05, 0) is 36.5 Å². The van der Waals surface area contributed by atoms with Crippen molar-refractivity contribution in [3.8, 4) is 11.5 Å². The van der Waals surface area contributed by atoms with E-state index in [1.165, 1.54) is 11.5 Å². The molecule has 3 rings (SSSR count). The third kappa shape index (κ3) is 2.90. The normalized spacial score (nSPS) is 16.5. The van der Waals surface area contributed by atoms with E-state index < -0.39 is 0 Å². The summed E-state index contributed by atoms with van der Waals surface area (Å²) >= 11 is 8.37.